The average molecular weight is 286 g/mol. The van der Waals surface area contributed by atoms with Crippen LogP contribution in [0.25, 0.3) is 0 Å². The zero-order valence-electron chi connectivity index (χ0n) is 14.2. The summed E-state index contributed by atoms with van der Waals surface area (Å²) in [7, 11) is -0.252. The molecule has 0 radical (unpaired) electrons. The van der Waals surface area contributed by atoms with Crippen molar-refractivity contribution in [3.05, 3.63) is 29.3 Å². The summed E-state index contributed by atoms with van der Waals surface area (Å²) in [6.07, 6.45) is 3.97. The van der Waals surface area contributed by atoms with Gasteiger partial charge in [-0.2, -0.15) is 0 Å². The van der Waals surface area contributed by atoms with Gasteiger partial charge in [0.15, 0.2) is 0 Å². The minimum Gasteiger partial charge on any atom is -0.399 e. The molecule has 0 N–H and O–H groups in total. The topological polar surface area (TPSA) is 18.5 Å². The molecule has 1 saturated heterocycles. The maximum atomic E-state index is 6.17. The molecule has 2 aliphatic rings. The summed E-state index contributed by atoms with van der Waals surface area (Å²) < 4.78 is 12.3. The molecule has 2 nitrogen and oxygen atoms in total. The van der Waals surface area contributed by atoms with Crippen molar-refractivity contribution in [1.82, 2.24) is 0 Å². The first-order valence-electron chi connectivity index (χ1n) is 8.11. The summed E-state index contributed by atoms with van der Waals surface area (Å²) in [6, 6.07) is 6.81. The predicted octanol–water partition coefficient (Wildman–Crippen LogP) is 3.74. The van der Waals surface area contributed by atoms with E-state index in [0.29, 0.717) is 5.41 Å². The summed E-state index contributed by atoms with van der Waals surface area (Å²) in [4.78, 5) is 0. The first-order chi connectivity index (χ1) is 9.65. The van der Waals surface area contributed by atoms with Crippen molar-refractivity contribution in [2.45, 2.75) is 77.4 Å². The Bertz CT molecular complexity index is 542. The molecule has 1 aliphatic heterocycles. The monoisotopic (exact) mass is 286 g/mol. The molecule has 21 heavy (non-hydrogen) atoms. The highest BCUT2D eigenvalue weighted by Crippen LogP contribution is 2.43. The maximum absolute atomic E-state index is 6.17. The normalized spacial score (nSPS) is 25.7. The molecule has 3 heteroatoms. The summed E-state index contributed by atoms with van der Waals surface area (Å²) >= 11 is 0. The van der Waals surface area contributed by atoms with Gasteiger partial charge >= 0.3 is 7.12 Å². The van der Waals surface area contributed by atoms with Crippen LogP contribution in [0.1, 0.15) is 65.0 Å². The molecule has 1 aliphatic carbocycles. The van der Waals surface area contributed by atoms with Crippen LogP contribution in [0.15, 0.2) is 18.2 Å². The van der Waals surface area contributed by atoms with Crippen molar-refractivity contribution in [3.63, 3.8) is 0 Å². The molecule has 0 bridgehead atoms. The molecule has 0 amide bonds. The van der Waals surface area contributed by atoms with E-state index >= 15 is 0 Å². The van der Waals surface area contributed by atoms with Crippen molar-refractivity contribution in [1.29, 1.82) is 0 Å². The summed E-state index contributed by atoms with van der Waals surface area (Å²) in [6.45, 7) is 13.0. The van der Waals surface area contributed by atoms with E-state index < -0.39 is 0 Å². The van der Waals surface area contributed by atoms with Gasteiger partial charge in [0.25, 0.3) is 0 Å². The number of benzene rings is 1. The highest BCUT2D eigenvalue weighted by atomic mass is 16.7. The molecule has 1 heterocycles. The van der Waals surface area contributed by atoms with Gasteiger partial charge in [0.05, 0.1) is 11.2 Å². The van der Waals surface area contributed by atoms with E-state index in [4.69, 9.17) is 9.31 Å². The lowest BCUT2D eigenvalue weighted by molar-refractivity contribution is 0.00578. The summed E-state index contributed by atoms with van der Waals surface area (Å²) in [5, 5.41) is 0. The van der Waals surface area contributed by atoms with E-state index in [-0.39, 0.29) is 18.3 Å². The SMILES string of the molecule is Cc1cc(C2(C)CCC2)ccc1B1OC(C)(C)C(C)(C)O1. The lowest BCUT2D eigenvalue weighted by Crippen LogP contribution is -2.41. The fraction of sp³-hybridized carbons (Fsp3) is 0.667. The number of rotatable bonds is 2. The summed E-state index contributed by atoms with van der Waals surface area (Å²) in [5.41, 5.74) is 3.75. The van der Waals surface area contributed by atoms with E-state index in [2.05, 4.69) is 59.7 Å². The Morgan fingerprint density at radius 3 is 1.95 bits per heavy atom. The molecule has 0 unspecified atom stereocenters. The van der Waals surface area contributed by atoms with E-state index in [9.17, 15) is 0 Å². The molecular weight excluding hydrogens is 259 g/mol. The number of hydrogen-bond acceptors (Lipinski definition) is 2. The lowest BCUT2D eigenvalue weighted by Gasteiger charge is -2.39. The summed E-state index contributed by atoms with van der Waals surface area (Å²) in [5.74, 6) is 0. The minimum absolute atomic E-state index is 0.252. The van der Waals surface area contributed by atoms with Gasteiger partial charge in [-0.25, -0.2) is 0 Å². The Morgan fingerprint density at radius 1 is 0.952 bits per heavy atom. The third-order valence-electron chi connectivity index (χ3n) is 5.93. The van der Waals surface area contributed by atoms with Crippen LogP contribution in [0.2, 0.25) is 0 Å². The van der Waals surface area contributed by atoms with E-state index in [1.54, 1.807) is 0 Å². The second-order valence-corrected chi connectivity index (χ2v) is 8.07. The predicted molar refractivity (Wildman–Crippen MR) is 88.1 cm³/mol. The van der Waals surface area contributed by atoms with Crippen LogP contribution >= 0.6 is 0 Å². The van der Waals surface area contributed by atoms with Crippen LogP contribution in [-0.4, -0.2) is 18.3 Å². The van der Waals surface area contributed by atoms with Crippen molar-refractivity contribution >= 4 is 12.6 Å². The smallest absolute Gasteiger partial charge is 0.399 e. The highest BCUT2D eigenvalue weighted by molar-refractivity contribution is 6.62. The van der Waals surface area contributed by atoms with Gasteiger partial charge in [-0.15, -0.1) is 0 Å². The molecule has 1 saturated carbocycles. The molecular formula is C18H27BO2. The maximum Gasteiger partial charge on any atom is 0.495 e. The van der Waals surface area contributed by atoms with Crippen LogP contribution in [0.3, 0.4) is 0 Å². The molecule has 0 atom stereocenters. The van der Waals surface area contributed by atoms with Crippen molar-refractivity contribution < 1.29 is 9.31 Å². The zero-order valence-corrected chi connectivity index (χ0v) is 14.2. The van der Waals surface area contributed by atoms with E-state index in [1.807, 2.05) is 0 Å². The third-order valence-corrected chi connectivity index (χ3v) is 5.93. The van der Waals surface area contributed by atoms with Gasteiger partial charge in [0.2, 0.25) is 0 Å². The second-order valence-electron chi connectivity index (χ2n) is 8.07. The Kier molecular flexibility index (Phi) is 3.31. The van der Waals surface area contributed by atoms with Crippen molar-refractivity contribution in [3.8, 4) is 0 Å². The van der Waals surface area contributed by atoms with Crippen molar-refractivity contribution in [2.75, 3.05) is 0 Å². The molecule has 1 aromatic carbocycles. The van der Waals surface area contributed by atoms with Gasteiger partial charge in [-0.1, -0.05) is 37.1 Å². The molecule has 114 valence electrons. The number of hydrogen-bond donors (Lipinski definition) is 0. The van der Waals surface area contributed by atoms with Crippen LogP contribution < -0.4 is 5.46 Å². The molecule has 3 rings (SSSR count). The third kappa shape index (κ3) is 2.35. The van der Waals surface area contributed by atoms with Gasteiger partial charge in [-0.3, -0.25) is 0 Å². The standard InChI is InChI=1S/C18H27BO2/c1-13-12-14(18(6)10-7-11-18)8-9-15(13)19-20-16(2,3)17(4,5)21-19/h8-9,12H,7,10-11H2,1-6H3. The second kappa shape index (κ2) is 4.60. The van der Waals surface area contributed by atoms with Gasteiger partial charge in [0.1, 0.15) is 0 Å². The lowest BCUT2D eigenvalue weighted by atomic mass is 9.64. The zero-order chi connectivity index (χ0) is 15.5. The largest absolute Gasteiger partial charge is 0.495 e. The first-order valence-corrected chi connectivity index (χ1v) is 8.11. The van der Waals surface area contributed by atoms with E-state index in [1.165, 1.54) is 35.9 Å². The van der Waals surface area contributed by atoms with Gasteiger partial charge in [-0.05, 0) is 63.9 Å². The molecule has 0 spiro atoms. The first kappa shape index (κ1) is 15.1. The Balaban J connectivity index is 1.88. The minimum atomic E-state index is -0.275. The molecule has 2 fully saturated rings. The van der Waals surface area contributed by atoms with Crippen LogP contribution in [0.4, 0.5) is 0 Å². The fourth-order valence-electron chi connectivity index (χ4n) is 3.28. The average Bonchev–Trinajstić information content (AvgIpc) is 2.55. The Hall–Kier alpha value is -0.795. The molecule has 1 aromatic rings. The number of aryl methyl sites for hydroxylation is 1. The fourth-order valence-corrected chi connectivity index (χ4v) is 3.28. The van der Waals surface area contributed by atoms with Crippen molar-refractivity contribution in [2.24, 2.45) is 0 Å². The highest BCUT2D eigenvalue weighted by Gasteiger charge is 2.52. The van der Waals surface area contributed by atoms with Gasteiger partial charge < -0.3 is 9.31 Å². The quantitative estimate of drug-likeness (QED) is 0.771. The molecule has 0 aromatic heterocycles. The Morgan fingerprint density at radius 2 is 1.52 bits per heavy atom. The van der Waals surface area contributed by atoms with E-state index in [0.717, 1.165) is 0 Å². The van der Waals surface area contributed by atoms with Crippen LogP contribution in [0.5, 0.6) is 0 Å². The van der Waals surface area contributed by atoms with Gasteiger partial charge in [0, 0.05) is 0 Å². The van der Waals surface area contributed by atoms with Crippen LogP contribution in [0, 0.1) is 6.92 Å². The van der Waals surface area contributed by atoms with Crippen LogP contribution in [-0.2, 0) is 14.7 Å². The Labute approximate surface area is 129 Å².